The van der Waals surface area contributed by atoms with Gasteiger partial charge in [-0.25, -0.2) is 4.79 Å². The third-order valence-corrected chi connectivity index (χ3v) is 5.68. The van der Waals surface area contributed by atoms with Gasteiger partial charge >= 0.3 is 12.5 Å². The number of thioether (sulfide) groups is 1. The molecule has 1 saturated heterocycles. The van der Waals surface area contributed by atoms with Crippen LogP contribution in [0.1, 0.15) is 32.8 Å². The van der Waals surface area contributed by atoms with Gasteiger partial charge in [0.25, 0.3) is 0 Å². The van der Waals surface area contributed by atoms with Gasteiger partial charge in [-0.2, -0.15) is 0 Å². The monoisotopic (exact) mass is 447 g/mol. The topological polar surface area (TPSA) is 95.2 Å². The van der Waals surface area contributed by atoms with E-state index in [1.54, 1.807) is 20.8 Å². The largest absolute Gasteiger partial charge is 0.573 e. The van der Waals surface area contributed by atoms with Crippen LogP contribution in [0.25, 0.3) is 0 Å². The molecule has 1 aromatic carbocycles. The molecular weight excluding hydrogens is 423 g/mol. The molecule has 2 heterocycles. The standard InChI is InChI=1S/C19H24F3N3O4S/c1-17(2,3)29-16(26)24-15-25-18(6-7-27-9-11(18)10-30-15)13-8-12(23)4-5-14(13)28-19(20,21)22/h4-5,8,11H,6-7,9-10,23H2,1-3H3,(H,24,25,26)/t11-,18+/m0/s1. The third-order valence-electron chi connectivity index (χ3n) is 4.65. The summed E-state index contributed by atoms with van der Waals surface area (Å²) in [6.45, 7) is 5.80. The predicted molar refractivity (Wildman–Crippen MR) is 107 cm³/mol. The number of alkyl carbamates (subject to hydrolysis) is 1. The summed E-state index contributed by atoms with van der Waals surface area (Å²) in [7, 11) is 0. The molecule has 0 spiro atoms. The highest BCUT2D eigenvalue weighted by Gasteiger charge is 2.48. The van der Waals surface area contributed by atoms with Crippen molar-refractivity contribution in [2.24, 2.45) is 10.9 Å². The van der Waals surface area contributed by atoms with E-state index in [-0.39, 0.29) is 28.1 Å². The van der Waals surface area contributed by atoms with Crippen LogP contribution < -0.4 is 15.8 Å². The van der Waals surface area contributed by atoms with E-state index >= 15 is 0 Å². The number of hydrogen-bond acceptors (Lipinski definition) is 7. The number of alkyl halides is 3. The fourth-order valence-electron chi connectivity index (χ4n) is 3.49. The molecular formula is C19H24F3N3O4S. The van der Waals surface area contributed by atoms with Gasteiger partial charge in [0.1, 0.15) is 16.9 Å². The number of nitrogens with two attached hydrogens (primary N) is 1. The Morgan fingerprint density at radius 2 is 2.10 bits per heavy atom. The van der Waals surface area contributed by atoms with Crippen LogP contribution >= 0.6 is 11.8 Å². The normalized spacial score (nSPS) is 24.5. The van der Waals surface area contributed by atoms with Crippen molar-refractivity contribution in [2.75, 3.05) is 24.7 Å². The van der Waals surface area contributed by atoms with Crippen LogP contribution in [-0.2, 0) is 15.0 Å². The number of nitrogens with one attached hydrogen (secondary N) is 1. The van der Waals surface area contributed by atoms with Crippen molar-refractivity contribution in [2.45, 2.75) is 44.7 Å². The average molecular weight is 447 g/mol. The van der Waals surface area contributed by atoms with E-state index in [1.807, 2.05) is 0 Å². The number of anilines is 1. The number of amidine groups is 1. The van der Waals surface area contributed by atoms with Crippen molar-refractivity contribution in [1.82, 2.24) is 5.32 Å². The van der Waals surface area contributed by atoms with E-state index in [4.69, 9.17) is 20.2 Å². The second-order valence-electron chi connectivity index (χ2n) is 8.10. The Morgan fingerprint density at radius 3 is 2.77 bits per heavy atom. The molecule has 0 saturated carbocycles. The fourth-order valence-corrected chi connectivity index (χ4v) is 4.60. The van der Waals surface area contributed by atoms with E-state index in [0.717, 1.165) is 0 Å². The maximum absolute atomic E-state index is 13.0. The van der Waals surface area contributed by atoms with Crippen molar-refractivity contribution in [1.29, 1.82) is 0 Å². The SMILES string of the molecule is CC(C)(C)OC(=O)NC1=N[C@]2(c3cc(N)ccc3OC(F)(F)F)CCOC[C@H]2CS1. The van der Waals surface area contributed by atoms with E-state index in [0.29, 0.717) is 25.4 Å². The molecule has 0 aromatic heterocycles. The smallest absolute Gasteiger partial charge is 0.444 e. The van der Waals surface area contributed by atoms with Crippen LogP contribution in [0, 0.1) is 5.92 Å². The summed E-state index contributed by atoms with van der Waals surface area (Å²) < 4.78 is 54.2. The first-order chi connectivity index (χ1) is 13.9. The van der Waals surface area contributed by atoms with Crippen LogP contribution in [-0.4, -0.2) is 42.2 Å². The van der Waals surface area contributed by atoms with Crippen LogP contribution in [0.3, 0.4) is 0 Å². The first-order valence-corrected chi connectivity index (χ1v) is 10.3. The second kappa shape index (κ2) is 8.18. The number of aliphatic imine (C=N–C) groups is 1. The lowest BCUT2D eigenvalue weighted by atomic mass is 9.75. The first-order valence-electron chi connectivity index (χ1n) is 9.34. The molecule has 2 atom stereocenters. The average Bonchev–Trinajstić information content (AvgIpc) is 2.60. The molecule has 11 heteroatoms. The molecule has 3 rings (SSSR count). The maximum atomic E-state index is 13.0. The van der Waals surface area contributed by atoms with Gasteiger partial charge in [0.15, 0.2) is 5.17 Å². The zero-order valence-corrected chi connectivity index (χ0v) is 17.7. The second-order valence-corrected chi connectivity index (χ2v) is 9.11. The quantitative estimate of drug-likeness (QED) is 0.665. The lowest BCUT2D eigenvalue weighted by Crippen LogP contribution is -2.48. The zero-order chi connectivity index (χ0) is 22.2. The molecule has 3 N–H and O–H groups in total. The van der Waals surface area contributed by atoms with Crippen LogP contribution in [0.4, 0.5) is 23.7 Å². The van der Waals surface area contributed by atoms with Gasteiger partial charge in [0.2, 0.25) is 0 Å². The number of carbonyl (C=O) groups is 1. The number of carbonyl (C=O) groups excluding carboxylic acids is 1. The van der Waals surface area contributed by atoms with Crippen molar-refractivity contribution >= 4 is 28.7 Å². The van der Waals surface area contributed by atoms with Crippen LogP contribution in [0.5, 0.6) is 5.75 Å². The number of fused-ring (bicyclic) bond motifs is 1. The van der Waals surface area contributed by atoms with Gasteiger partial charge in [0, 0.05) is 35.9 Å². The number of benzene rings is 1. The molecule has 0 aliphatic carbocycles. The van der Waals surface area contributed by atoms with E-state index in [1.165, 1.54) is 30.0 Å². The summed E-state index contributed by atoms with van der Waals surface area (Å²) >= 11 is 1.28. The molecule has 2 aliphatic heterocycles. The summed E-state index contributed by atoms with van der Waals surface area (Å²) in [5.41, 5.74) is 4.61. The van der Waals surface area contributed by atoms with Gasteiger partial charge in [-0.15, -0.1) is 13.2 Å². The van der Waals surface area contributed by atoms with Gasteiger partial charge in [-0.3, -0.25) is 10.3 Å². The number of nitrogen functional groups attached to an aromatic ring is 1. The van der Waals surface area contributed by atoms with E-state index in [9.17, 15) is 18.0 Å². The maximum Gasteiger partial charge on any atom is 0.573 e. The summed E-state index contributed by atoms with van der Waals surface area (Å²) in [6.07, 6.45) is -5.24. The van der Waals surface area contributed by atoms with Gasteiger partial charge in [-0.1, -0.05) is 11.8 Å². The Bertz CT molecular complexity index is 841. The molecule has 1 fully saturated rings. The third kappa shape index (κ3) is 5.31. The minimum absolute atomic E-state index is 0.219. The summed E-state index contributed by atoms with van der Waals surface area (Å²) in [4.78, 5) is 16.9. The summed E-state index contributed by atoms with van der Waals surface area (Å²) in [5.74, 6) is -0.108. The molecule has 1 amide bonds. The van der Waals surface area contributed by atoms with Gasteiger partial charge < -0.3 is 19.9 Å². The Balaban J connectivity index is 2.02. The van der Waals surface area contributed by atoms with Crippen molar-refractivity contribution in [3.05, 3.63) is 23.8 Å². The van der Waals surface area contributed by atoms with Crippen LogP contribution in [0.2, 0.25) is 0 Å². The summed E-state index contributed by atoms with van der Waals surface area (Å²) in [6, 6.07) is 3.98. The number of rotatable bonds is 2. The summed E-state index contributed by atoms with van der Waals surface area (Å²) in [5, 5.41) is 2.87. The number of hydrogen-bond donors (Lipinski definition) is 2. The van der Waals surface area contributed by atoms with Gasteiger partial charge in [-0.05, 0) is 39.0 Å². The predicted octanol–water partition coefficient (Wildman–Crippen LogP) is 4.03. The Kier molecular flexibility index (Phi) is 6.15. The lowest BCUT2D eigenvalue weighted by Gasteiger charge is -2.44. The Hall–Kier alpha value is -2.14. The Morgan fingerprint density at radius 1 is 1.37 bits per heavy atom. The Labute approximate surface area is 176 Å². The molecule has 0 radical (unpaired) electrons. The minimum atomic E-state index is -4.87. The molecule has 0 unspecified atom stereocenters. The van der Waals surface area contributed by atoms with Crippen molar-refractivity contribution in [3.63, 3.8) is 0 Å². The highest BCUT2D eigenvalue weighted by Crippen LogP contribution is 2.49. The number of ether oxygens (including phenoxy) is 3. The van der Waals surface area contributed by atoms with Gasteiger partial charge in [0.05, 0.1) is 6.61 Å². The number of nitrogens with zero attached hydrogens (tertiary/aromatic N) is 1. The van der Waals surface area contributed by atoms with E-state index < -0.39 is 23.6 Å². The van der Waals surface area contributed by atoms with E-state index in [2.05, 4.69) is 10.1 Å². The molecule has 1 aromatic rings. The highest BCUT2D eigenvalue weighted by atomic mass is 32.2. The number of amides is 1. The van der Waals surface area contributed by atoms with Crippen molar-refractivity contribution in [3.8, 4) is 5.75 Å². The lowest BCUT2D eigenvalue weighted by molar-refractivity contribution is -0.275. The number of halogens is 3. The first kappa shape index (κ1) is 22.5. The molecule has 7 nitrogen and oxygen atoms in total. The molecule has 30 heavy (non-hydrogen) atoms. The van der Waals surface area contributed by atoms with Crippen molar-refractivity contribution < 1.29 is 32.2 Å². The van der Waals surface area contributed by atoms with Crippen LogP contribution in [0.15, 0.2) is 23.2 Å². The zero-order valence-electron chi connectivity index (χ0n) is 16.8. The molecule has 166 valence electrons. The fraction of sp³-hybridized carbons (Fsp3) is 0.579. The molecule has 0 bridgehead atoms. The molecule has 2 aliphatic rings. The minimum Gasteiger partial charge on any atom is -0.444 e. The highest BCUT2D eigenvalue weighted by molar-refractivity contribution is 8.13.